The highest BCUT2D eigenvalue weighted by Gasteiger charge is 2.31. The molecule has 0 aliphatic carbocycles. The van der Waals surface area contributed by atoms with Crippen molar-refractivity contribution in [3.8, 4) is 0 Å². The lowest BCUT2D eigenvalue weighted by atomic mass is 9.92. The van der Waals surface area contributed by atoms with Gasteiger partial charge in [-0.1, -0.05) is 35.5 Å². The lowest BCUT2D eigenvalue weighted by Crippen LogP contribution is -2.44. The van der Waals surface area contributed by atoms with Gasteiger partial charge in [0.2, 0.25) is 5.91 Å². The summed E-state index contributed by atoms with van der Waals surface area (Å²) in [6.07, 6.45) is 2.97. The number of aromatic nitrogens is 2. The van der Waals surface area contributed by atoms with Gasteiger partial charge in [0.25, 0.3) is 5.91 Å². The summed E-state index contributed by atoms with van der Waals surface area (Å²) in [5.41, 5.74) is 4.34. The first-order chi connectivity index (χ1) is 15.4. The molecule has 3 heterocycles. The van der Waals surface area contributed by atoms with Gasteiger partial charge < -0.3 is 14.7 Å². The van der Waals surface area contributed by atoms with Crippen molar-refractivity contribution in [1.82, 2.24) is 20.4 Å². The lowest BCUT2D eigenvalue weighted by Gasteiger charge is -2.32. The third-order valence-electron chi connectivity index (χ3n) is 6.11. The van der Waals surface area contributed by atoms with E-state index < -0.39 is 0 Å². The van der Waals surface area contributed by atoms with Crippen LogP contribution < -0.4 is 5.32 Å². The Labute approximate surface area is 187 Å². The smallest absolute Gasteiger partial charge is 0.276 e. The Morgan fingerprint density at radius 2 is 1.78 bits per heavy atom. The molecule has 1 saturated heterocycles. The molecule has 1 fully saturated rings. The Morgan fingerprint density at radius 1 is 1.06 bits per heavy atom. The number of aryl methyl sites for hydroxylation is 3. The molecule has 2 amide bonds. The van der Waals surface area contributed by atoms with E-state index in [4.69, 9.17) is 4.52 Å². The summed E-state index contributed by atoms with van der Waals surface area (Å²) in [5, 5.41) is 7.06. The van der Waals surface area contributed by atoms with Crippen LogP contribution in [0.15, 0.2) is 53.2 Å². The summed E-state index contributed by atoms with van der Waals surface area (Å²) in [4.78, 5) is 32.2. The average Bonchev–Trinajstić information content (AvgIpc) is 3.24. The third-order valence-corrected chi connectivity index (χ3v) is 6.11. The van der Waals surface area contributed by atoms with Crippen molar-refractivity contribution in [1.29, 1.82) is 0 Å². The van der Waals surface area contributed by atoms with Crippen LogP contribution in [0.3, 0.4) is 0 Å². The molecule has 1 N–H and O–H groups in total. The van der Waals surface area contributed by atoms with Crippen LogP contribution in [0.5, 0.6) is 0 Å². The highest BCUT2D eigenvalue weighted by molar-refractivity contribution is 5.92. The van der Waals surface area contributed by atoms with Gasteiger partial charge in [0.05, 0.1) is 11.7 Å². The number of carbonyl (C=O) groups excluding carboxylic acids is 2. The van der Waals surface area contributed by atoms with Crippen molar-refractivity contribution >= 4 is 11.8 Å². The van der Waals surface area contributed by atoms with Gasteiger partial charge in [0.1, 0.15) is 5.76 Å². The number of hydrogen-bond donors (Lipinski definition) is 1. The van der Waals surface area contributed by atoms with E-state index in [1.807, 2.05) is 50.2 Å². The number of nitrogens with zero attached hydrogens (tertiary/aromatic N) is 3. The Hall–Kier alpha value is -3.48. The van der Waals surface area contributed by atoms with Crippen LogP contribution in [0, 0.1) is 26.7 Å². The van der Waals surface area contributed by atoms with Gasteiger partial charge in [0, 0.05) is 31.3 Å². The molecule has 0 saturated carbocycles. The maximum Gasteiger partial charge on any atom is 0.276 e. The Morgan fingerprint density at radius 3 is 2.44 bits per heavy atom. The molecular weight excluding hydrogens is 404 g/mol. The molecule has 7 nitrogen and oxygen atoms in total. The first-order valence-corrected chi connectivity index (χ1v) is 10.9. The van der Waals surface area contributed by atoms with Gasteiger partial charge in [-0.3, -0.25) is 14.6 Å². The molecule has 1 aromatic carbocycles. The minimum Gasteiger partial charge on any atom is -0.361 e. The number of rotatable bonds is 5. The molecule has 0 radical (unpaired) electrons. The minimum absolute atomic E-state index is 0.00677. The summed E-state index contributed by atoms with van der Waals surface area (Å²) in [7, 11) is 0. The molecule has 1 unspecified atom stereocenters. The van der Waals surface area contributed by atoms with Crippen LogP contribution in [-0.2, 0) is 4.79 Å². The summed E-state index contributed by atoms with van der Waals surface area (Å²) < 4.78 is 5.02. The third kappa shape index (κ3) is 4.56. The van der Waals surface area contributed by atoms with Crippen molar-refractivity contribution in [2.45, 2.75) is 39.7 Å². The molecule has 1 atom stereocenters. The topological polar surface area (TPSA) is 88.3 Å². The van der Waals surface area contributed by atoms with E-state index >= 15 is 0 Å². The predicted octanol–water partition coefficient (Wildman–Crippen LogP) is 3.75. The number of nitrogens with one attached hydrogen (secondary N) is 1. The van der Waals surface area contributed by atoms with Gasteiger partial charge in [0.15, 0.2) is 5.69 Å². The molecule has 3 aromatic rings. The van der Waals surface area contributed by atoms with Crippen LogP contribution in [0.1, 0.15) is 57.5 Å². The summed E-state index contributed by atoms with van der Waals surface area (Å²) in [6.45, 7) is 6.84. The highest BCUT2D eigenvalue weighted by atomic mass is 16.5. The fourth-order valence-corrected chi connectivity index (χ4v) is 4.24. The molecule has 4 rings (SSSR count). The molecular formula is C25H28N4O3. The summed E-state index contributed by atoms with van der Waals surface area (Å²) in [5.74, 6) is 0.290. The molecule has 0 spiro atoms. The number of piperidine rings is 1. The second kappa shape index (κ2) is 9.34. The minimum atomic E-state index is -0.317. The van der Waals surface area contributed by atoms with E-state index in [0.717, 1.165) is 22.4 Å². The number of carbonyl (C=O) groups is 2. The van der Waals surface area contributed by atoms with Crippen molar-refractivity contribution in [2.24, 2.45) is 5.92 Å². The van der Waals surface area contributed by atoms with Crippen LogP contribution in [0.2, 0.25) is 0 Å². The normalized spacial score (nSPS) is 15.4. The fourth-order valence-electron chi connectivity index (χ4n) is 4.24. The van der Waals surface area contributed by atoms with E-state index in [1.165, 1.54) is 0 Å². The zero-order valence-electron chi connectivity index (χ0n) is 18.7. The number of likely N-dealkylation sites (tertiary alicyclic amines) is 1. The maximum atomic E-state index is 13.3. The van der Waals surface area contributed by atoms with Crippen molar-refractivity contribution in [3.63, 3.8) is 0 Å². The molecule has 2 aromatic heterocycles. The number of hydrogen-bond acceptors (Lipinski definition) is 5. The predicted molar refractivity (Wildman–Crippen MR) is 120 cm³/mol. The van der Waals surface area contributed by atoms with Crippen LogP contribution in [0.4, 0.5) is 0 Å². The molecule has 166 valence electrons. The highest BCUT2D eigenvalue weighted by Crippen LogP contribution is 2.27. The monoisotopic (exact) mass is 432 g/mol. The zero-order chi connectivity index (χ0) is 22.7. The Kier molecular flexibility index (Phi) is 6.35. The van der Waals surface area contributed by atoms with Gasteiger partial charge in [-0.05, 0) is 56.4 Å². The van der Waals surface area contributed by atoms with Crippen LogP contribution in [0.25, 0.3) is 0 Å². The van der Waals surface area contributed by atoms with Crippen LogP contribution >= 0.6 is 0 Å². The Balaban J connectivity index is 1.47. The quantitative estimate of drug-likeness (QED) is 0.663. The van der Waals surface area contributed by atoms with Crippen molar-refractivity contribution in [2.75, 3.05) is 13.1 Å². The van der Waals surface area contributed by atoms with Crippen LogP contribution in [-0.4, -0.2) is 39.9 Å². The van der Waals surface area contributed by atoms with E-state index in [2.05, 4.69) is 15.5 Å². The second-order valence-corrected chi connectivity index (χ2v) is 8.39. The van der Waals surface area contributed by atoms with Gasteiger partial charge in [-0.2, -0.15) is 0 Å². The fraction of sp³-hybridized carbons (Fsp3) is 0.360. The van der Waals surface area contributed by atoms with Crippen molar-refractivity contribution < 1.29 is 14.1 Å². The molecule has 7 heteroatoms. The number of pyridine rings is 1. The number of benzene rings is 1. The van der Waals surface area contributed by atoms with Crippen molar-refractivity contribution in [3.05, 3.63) is 82.5 Å². The second-order valence-electron chi connectivity index (χ2n) is 8.39. The first kappa shape index (κ1) is 21.7. The lowest BCUT2D eigenvalue weighted by molar-refractivity contribution is -0.126. The van der Waals surface area contributed by atoms with E-state index in [0.29, 0.717) is 37.4 Å². The van der Waals surface area contributed by atoms with E-state index in [-0.39, 0.29) is 23.8 Å². The zero-order valence-corrected chi connectivity index (χ0v) is 18.7. The van der Waals surface area contributed by atoms with Gasteiger partial charge >= 0.3 is 0 Å². The maximum absolute atomic E-state index is 13.3. The molecule has 1 aliphatic heterocycles. The molecule has 32 heavy (non-hydrogen) atoms. The molecule has 1 aliphatic rings. The van der Waals surface area contributed by atoms with Gasteiger partial charge in [-0.15, -0.1) is 0 Å². The largest absolute Gasteiger partial charge is 0.361 e. The average molecular weight is 433 g/mol. The standard InChI is InChI=1S/C25H28N4O3/c1-16-7-4-5-9-20(16)23(22-17(2)8-6-12-26-22)27-24(30)19-10-13-29(14-11-19)25(31)21-15-18(3)32-28-21/h4-9,12,15,19,23H,10-11,13-14H2,1-3H3,(H,27,30). The van der Waals surface area contributed by atoms with E-state index in [1.54, 1.807) is 24.1 Å². The SMILES string of the molecule is Cc1cc(C(=O)N2CCC(C(=O)NC(c3ccccc3C)c3ncccc3C)CC2)no1. The Bertz CT molecular complexity index is 1070. The van der Waals surface area contributed by atoms with E-state index in [9.17, 15) is 9.59 Å². The summed E-state index contributed by atoms with van der Waals surface area (Å²) >= 11 is 0. The molecule has 0 bridgehead atoms. The summed E-state index contributed by atoms with van der Waals surface area (Å²) in [6, 6.07) is 13.3. The van der Waals surface area contributed by atoms with Gasteiger partial charge in [-0.25, -0.2) is 0 Å². The number of amides is 2. The first-order valence-electron chi connectivity index (χ1n) is 10.9.